The van der Waals surface area contributed by atoms with Gasteiger partial charge in [0.25, 0.3) is 0 Å². The number of nitrogens with zero attached hydrogens (tertiary/aromatic N) is 3. The van der Waals surface area contributed by atoms with Gasteiger partial charge in [0, 0.05) is 25.4 Å². The Morgan fingerprint density at radius 3 is 2.82 bits per heavy atom. The van der Waals surface area contributed by atoms with Gasteiger partial charge in [-0.25, -0.2) is 4.68 Å². The summed E-state index contributed by atoms with van der Waals surface area (Å²) in [7, 11) is 0. The van der Waals surface area contributed by atoms with Crippen molar-refractivity contribution in [1.82, 2.24) is 14.7 Å². The molecule has 1 aromatic heterocycles. The maximum absolute atomic E-state index is 9.31. The highest BCUT2D eigenvalue weighted by Crippen LogP contribution is 2.29. The predicted molar refractivity (Wildman–Crippen MR) is 86.1 cm³/mol. The summed E-state index contributed by atoms with van der Waals surface area (Å²) in [4.78, 5) is 2.44. The average molecular weight is 297 g/mol. The van der Waals surface area contributed by atoms with Crippen molar-refractivity contribution in [2.45, 2.75) is 32.2 Å². The third-order valence-electron chi connectivity index (χ3n) is 5.02. The maximum atomic E-state index is 9.31. The number of aliphatic hydroxyl groups is 1. The van der Waals surface area contributed by atoms with Gasteiger partial charge in [-0.1, -0.05) is 18.2 Å². The van der Waals surface area contributed by atoms with Crippen molar-refractivity contribution in [2.75, 3.05) is 19.7 Å². The quantitative estimate of drug-likeness (QED) is 0.940. The van der Waals surface area contributed by atoms with Gasteiger partial charge >= 0.3 is 0 Å². The van der Waals surface area contributed by atoms with Crippen LogP contribution in [-0.4, -0.2) is 39.5 Å². The molecule has 116 valence electrons. The number of hydrogen-bond acceptors (Lipinski definition) is 3. The van der Waals surface area contributed by atoms with Crippen LogP contribution in [0.5, 0.6) is 0 Å². The van der Waals surface area contributed by atoms with Crippen LogP contribution in [0.4, 0.5) is 0 Å². The average Bonchev–Trinajstić information content (AvgIpc) is 3.26. The molecule has 1 aliphatic heterocycles. The molecular weight excluding hydrogens is 274 g/mol. The lowest BCUT2D eigenvalue weighted by molar-refractivity contribution is 0.219. The zero-order valence-corrected chi connectivity index (χ0v) is 12.9. The Morgan fingerprint density at radius 1 is 1.18 bits per heavy atom. The van der Waals surface area contributed by atoms with E-state index in [2.05, 4.69) is 33.8 Å². The molecule has 0 bridgehead atoms. The van der Waals surface area contributed by atoms with Crippen molar-refractivity contribution in [2.24, 2.45) is 5.92 Å². The number of benzene rings is 1. The summed E-state index contributed by atoms with van der Waals surface area (Å²) < 4.78 is 2.15. The number of likely N-dealkylation sites (tertiary alicyclic amines) is 1. The number of hydrogen-bond donors (Lipinski definition) is 1. The first-order chi connectivity index (χ1) is 10.8. The first kappa shape index (κ1) is 14.0. The van der Waals surface area contributed by atoms with E-state index in [-0.39, 0.29) is 0 Å². The molecule has 2 aromatic rings. The minimum absolute atomic E-state index is 0.313. The van der Waals surface area contributed by atoms with Crippen molar-refractivity contribution in [3.63, 3.8) is 0 Å². The molecule has 4 nitrogen and oxygen atoms in total. The van der Waals surface area contributed by atoms with Gasteiger partial charge in [0.15, 0.2) is 0 Å². The molecule has 22 heavy (non-hydrogen) atoms. The molecule has 1 saturated heterocycles. The molecule has 1 unspecified atom stereocenters. The third kappa shape index (κ3) is 2.46. The Bertz CT molecular complexity index is 650. The highest BCUT2D eigenvalue weighted by Gasteiger charge is 2.27. The molecule has 1 atom stereocenters. The molecule has 0 radical (unpaired) electrons. The Labute approximate surface area is 131 Å². The second-order valence-electron chi connectivity index (χ2n) is 6.55. The lowest BCUT2D eigenvalue weighted by Gasteiger charge is -2.14. The van der Waals surface area contributed by atoms with E-state index < -0.39 is 0 Å². The normalized spacial score (nSPS) is 21.4. The summed E-state index contributed by atoms with van der Waals surface area (Å²) in [5.74, 6) is 0.448. The Hall–Kier alpha value is -1.65. The van der Waals surface area contributed by atoms with Crippen LogP contribution in [-0.2, 0) is 19.4 Å². The van der Waals surface area contributed by atoms with Crippen LogP contribution in [0.2, 0.25) is 0 Å². The summed E-state index contributed by atoms with van der Waals surface area (Å²) >= 11 is 0. The summed E-state index contributed by atoms with van der Waals surface area (Å²) in [5, 5.41) is 14.2. The molecule has 1 fully saturated rings. The van der Waals surface area contributed by atoms with Crippen LogP contribution in [0.3, 0.4) is 0 Å². The lowest BCUT2D eigenvalue weighted by atomic mass is 10.1. The van der Waals surface area contributed by atoms with Gasteiger partial charge in [-0.05, 0) is 55.8 Å². The topological polar surface area (TPSA) is 41.3 Å². The van der Waals surface area contributed by atoms with E-state index in [1.807, 2.05) is 6.07 Å². The zero-order valence-electron chi connectivity index (χ0n) is 12.9. The Balaban J connectivity index is 1.61. The van der Waals surface area contributed by atoms with Crippen molar-refractivity contribution in [3.05, 3.63) is 47.3 Å². The number of para-hydroxylation sites is 1. The van der Waals surface area contributed by atoms with E-state index >= 15 is 0 Å². The number of rotatable bonds is 4. The van der Waals surface area contributed by atoms with Gasteiger partial charge in [0.2, 0.25) is 0 Å². The third-order valence-corrected chi connectivity index (χ3v) is 5.02. The maximum Gasteiger partial charge on any atom is 0.0804 e. The van der Waals surface area contributed by atoms with E-state index in [4.69, 9.17) is 5.10 Å². The van der Waals surface area contributed by atoms with E-state index in [1.54, 1.807) is 0 Å². The van der Waals surface area contributed by atoms with Crippen LogP contribution in [0.25, 0.3) is 5.69 Å². The summed E-state index contributed by atoms with van der Waals surface area (Å²) in [5.41, 5.74) is 5.28. The first-order valence-electron chi connectivity index (χ1n) is 8.33. The fourth-order valence-electron chi connectivity index (χ4n) is 3.84. The Morgan fingerprint density at radius 2 is 2.05 bits per heavy atom. The molecular formula is C18H23N3O. The lowest BCUT2D eigenvalue weighted by Crippen LogP contribution is -2.22. The highest BCUT2D eigenvalue weighted by atomic mass is 16.3. The molecule has 4 rings (SSSR count). The largest absolute Gasteiger partial charge is 0.396 e. The zero-order chi connectivity index (χ0) is 14.9. The molecule has 1 aromatic carbocycles. The predicted octanol–water partition coefficient (Wildman–Crippen LogP) is 2.18. The van der Waals surface area contributed by atoms with Gasteiger partial charge in [0.1, 0.15) is 0 Å². The summed E-state index contributed by atoms with van der Waals surface area (Å²) in [6, 6.07) is 10.5. The molecule has 0 saturated carbocycles. The fraction of sp³-hybridized carbons (Fsp3) is 0.500. The standard InChI is InChI=1S/C18H23N3O/c22-13-14-9-10-20(11-14)12-17-16-7-4-8-18(16)21(19-17)15-5-2-1-3-6-15/h1-3,5-6,14,22H,4,7-13H2. The molecule has 1 aliphatic carbocycles. The molecule has 4 heteroatoms. The minimum Gasteiger partial charge on any atom is -0.396 e. The summed E-state index contributed by atoms with van der Waals surface area (Å²) in [6.07, 6.45) is 4.65. The van der Waals surface area contributed by atoms with Crippen molar-refractivity contribution in [3.8, 4) is 5.69 Å². The van der Waals surface area contributed by atoms with Crippen LogP contribution < -0.4 is 0 Å². The first-order valence-corrected chi connectivity index (χ1v) is 8.33. The number of aliphatic hydroxyl groups excluding tert-OH is 1. The number of fused-ring (bicyclic) bond motifs is 1. The SMILES string of the molecule is OCC1CCN(Cc2nn(-c3ccccc3)c3c2CCC3)C1. The van der Waals surface area contributed by atoms with Crippen LogP contribution in [0.15, 0.2) is 30.3 Å². The van der Waals surface area contributed by atoms with Gasteiger partial charge in [-0.15, -0.1) is 0 Å². The summed E-state index contributed by atoms with van der Waals surface area (Å²) in [6.45, 7) is 3.33. The van der Waals surface area contributed by atoms with Gasteiger partial charge < -0.3 is 5.11 Å². The monoisotopic (exact) mass is 297 g/mol. The van der Waals surface area contributed by atoms with Gasteiger partial charge in [-0.3, -0.25) is 4.90 Å². The highest BCUT2D eigenvalue weighted by molar-refractivity contribution is 5.39. The van der Waals surface area contributed by atoms with Crippen molar-refractivity contribution < 1.29 is 5.11 Å². The van der Waals surface area contributed by atoms with E-state index in [1.165, 1.54) is 29.1 Å². The van der Waals surface area contributed by atoms with Gasteiger partial charge in [-0.2, -0.15) is 5.10 Å². The second-order valence-corrected chi connectivity index (χ2v) is 6.55. The van der Waals surface area contributed by atoms with Crippen molar-refractivity contribution >= 4 is 0 Å². The molecule has 1 N–H and O–H groups in total. The van der Waals surface area contributed by atoms with Gasteiger partial charge in [0.05, 0.1) is 11.4 Å². The van der Waals surface area contributed by atoms with Crippen molar-refractivity contribution in [1.29, 1.82) is 0 Å². The van der Waals surface area contributed by atoms with E-state index in [0.29, 0.717) is 12.5 Å². The Kier molecular flexibility index (Phi) is 3.72. The second kappa shape index (κ2) is 5.86. The minimum atomic E-state index is 0.313. The van der Waals surface area contributed by atoms with Crippen LogP contribution >= 0.6 is 0 Å². The molecule has 2 aliphatic rings. The molecule has 0 amide bonds. The van der Waals surface area contributed by atoms with Crippen LogP contribution in [0, 0.1) is 5.92 Å². The molecule has 2 heterocycles. The fourth-order valence-corrected chi connectivity index (χ4v) is 3.84. The van der Waals surface area contributed by atoms with Crippen LogP contribution in [0.1, 0.15) is 29.8 Å². The smallest absolute Gasteiger partial charge is 0.0804 e. The number of aromatic nitrogens is 2. The molecule has 0 spiro atoms. The van der Waals surface area contributed by atoms with E-state index in [9.17, 15) is 5.11 Å². The van der Waals surface area contributed by atoms with E-state index in [0.717, 1.165) is 38.9 Å².